The van der Waals surface area contributed by atoms with Gasteiger partial charge < -0.3 is 9.30 Å². The lowest BCUT2D eigenvalue weighted by Crippen LogP contribution is -2.15. The number of hydrogen-bond acceptors (Lipinski definition) is 5. The maximum absolute atomic E-state index is 12.2. The highest BCUT2D eigenvalue weighted by Gasteiger charge is 2.13. The van der Waals surface area contributed by atoms with Gasteiger partial charge in [-0.25, -0.2) is 0 Å². The van der Waals surface area contributed by atoms with E-state index in [0.29, 0.717) is 17.1 Å². The van der Waals surface area contributed by atoms with E-state index < -0.39 is 0 Å². The van der Waals surface area contributed by atoms with E-state index in [0.717, 1.165) is 28.1 Å². The summed E-state index contributed by atoms with van der Waals surface area (Å²) >= 11 is 0. The van der Waals surface area contributed by atoms with Gasteiger partial charge in [-0.05, 0) is 42.3 Å². The van der Waals surface area contributed by atoms with Crippen LogP contribution in [0, 0.1) is 13.8 Å². The third kappa shape index (κ3) is 2.96. The van der Waals surface area contributed by atoms with Crippen molar-refractivity contribution in [3.05, 3.63) is 76.2 Å². The molecule has 0 saturated carbocycles. The van der Waals surface area contributed by atoms with Gasteiger partial charge in [0, 0.05) is 23.0 Å². The number of methoxy groups -OCH3 is 1. The van der Waals surface area contributed by atoms with Crippen molar-refractivity contribution in [2.75, 3.05) is 7.11 Å². The molecule has 0 saturated heterocycles. The van der Waals surface area contributed by atoms with Gasteiger partial charge in [0.05, 0.1) is 12.8 Å². The molecule has 140 valence electrons. The van der Waals surface area contributed by atoms with Crippen LogP contribution in [-0.4, -0.2) is 32.3 Å². The average Bonchev–Trinajstić information content (AvgIpc) is 3.26. The molecule has 2 aromatic heterocycles. The minimum absolute atomic E-state index is 0.0816. The average molecular weight is 373 g/mol. The van der Waals surface area contributed by atoms with Crippen LogP contribution in [-0.2, 0) is 0 Å². The molecule has 0 aliphatic carbocycles. The molecule has 0 unspecified atom stereocenters. The molecule has 4 rings (SSSR count). The van der Waals surface area contributed by atoms with E-state index >= 15 is 0 Å². The second kappa shape index (κ2) is 7.11. The van der Waals surface area contributed by atoms with Crippen LogP contribution in [0.1, 0.15) is 11.3 Å². The Bertz CT molecular complexity index is 1180. The van der Waals surface area contributed by atoms with Gasteiger partial charge in [-0.15, -0.1) is 10.2 Å². The first-order valence-corrected chi connectivity index (χ1v) is 8.80. The van der Waals surface area contributed by atoms with E-state index in [9.17, 15) is 4.79 Å². The maximum Gasteiger partial charge on any atom is 0.226 e. The highest BCUT2D eigenvalue weighted by molar-refractivity contribution is 5.80. The van der Waals surface area contributed by atoms with Crippen molar-refractivity contribution in [3.8, 4) is 34.0 Å². The summed E-state index contributed by atoms with van der Waals surface area (Å²) in [6.45, 7) is 3.66. The first-order chi connectivity index (χ1) is 13.6. The number of nitrogens with zero attached hydrogens (tertiary/aromatic N) is 4. The van der Waals surface area contributed by atoms with Crippen molar-refractivity contribution >= 4 is 0 Å². The van der Waals surface area contributed by atoms with Gasteiger partial charge >= 0.3 is 0 Å². The normalized spacial score (nSPS) is 10.8. The van der Waals surface area contributed by atoms with Crippen LogP contribution < -0.4 is 10.2 Å². The number of tetrazole rings is 1. The molecule has 1 N–H and O–H groups in total. The van der Waals surface area contributed by atoms with Crippen LogP contribution in [0.5, 0.6) is 5.75 Å². The number of H-pyrrole nitrogens is 1. The molecule has 0 bridgehead atoms. The standard InChI is InChI=1S/C21H19N5O2/c1-13-12-26(14(2)20(28-3)19(13)27)16-10-8-15(9-11-16)17-6-4-5-7-18(17)21-22-24-25-23-21/h4-12H,1-3H3,(H,22,23,24,25). The van der Waals surface area contributed by atoms with Gasteiger partial charge in [0.25, 0.3) is 0 Å². The fraction of sp³-hybridized carbons (Fsp3) is 0.143. The summed E-state index contributed by atoms with van der Waals surface area (Å²) in [6, 6.07) is 16.0. The van der Waals surface area contributed by atoms with Crippen LogP contribution in [0.3, 0.4) is 0 Å². The van der Waals surface area contributed by atoms with Crippen LogP contribution in [0.2, 0.25) is 0 Å². The zero-order chi connectivity index (χ0) is 19.7. The predicted octanol–water partition coefficient (Wildman–Crippen LogP) is 3.31. The summed E-state index contributed by atoms with van der Waals surface area (Å²) in [6.07, 6.45) is 1.84. The van der Waals surface area contributed by atoms with Gasteiger partial charge in [-0.3, -0.25) is 4.79 Å². The van der Waals surface area contributed by atoms with Crippen LogP contribution in [0.15, 0.2) is 59.5 Å². The first-order valence-electron chi connectivity index (χ1n) is 8.80. The Labute approximate surface area is 161 Å². The van der Waals surface area contributed by atoms with Crippen LogP contribution in [0.25, 0.3) is 28.2 Å². The summed E-state index contributed by atoms with van der Waals surface area (Å²) in [7, 11) is 1.52. The molecule has 0 radical (unpaired) electrons. The number of rotatable bonds is 4. The molecule has 0 fully saturated rings. The van der Waals surface area contributed by atoms with Crippen molar-refractivity contribution in [2.24, 2.45) is 0 Å². The van der Waals surface area contributed by atoms with E-state index in [1.807, 2.05) is 66.2 Å². The van der Waals surface area contributed by atoms with Gasteiger partial charge in [0.15, 0.2) is 5.75 Å². The van der Waals surface area contributed by atoms with E-state index in [-0.39, 0.29) is 5.43 Å². The Kier molecular flexibility index (Phi) is 4.49. The first kappa shape index (κ1) is 17.7. The van der Waals surface area contributed by atoms with Gasteiger partial charge in [-0.2, -0.15) is 5.21 Å². The SMILES string of the molecule is COc1c(C)n(-c2ccc(-c3ccccc3-c3nn[nH]n3)cc2)cc(C)c1=O. The van der Waals surface area contributed by atoms with Crippen molar-refractivity contribution in [2.45, 2.75) is 13.8 Å². The molecule has 0 amide bonds. The molecule has 28 heavy (non-hydrogen) atoms. The van der Waals surface area contributed by atoms with E-state index in [2.05, 4.69) is 20.6 Å². The minimum atomic E-state index is -0.0816. The summed E-state index contributed by atoms with van der Waals surface area (Å²) in [5, 5.41) is 14.3. The Morgan fingerprint density at radius 2 is 1.71 bits per heavy atom. The molecule has 0 atom stereocenters. The van der Waals surface area contributed by atoms with Crippen LogP contribution >= 0.6 is 0 Å². The van der Waals surface area contributed by atoms with Crippen LogP contribution in [0.4, 0.5) is 0 Å². The highest BCUT2D eigenvalue weighted by atomic mass is 16.5. The van der Waals surface area contributed by atoms with E-state index in [4.69, 9.17) is 4.74 Å². The molecule has 7 heteroatoms. The number of benzene rings is 2. The topological polar surface area (TPSA) is 85.7 Å². The molecular formula is C21H19N5O2. The number of pyridine rings is 1. The molecule has 7 nitrogen and oxygen atoms in total. The third-order valence-corrected chi connectivity index (χ3v) is 4.75. The number of aromatic amines is 1. The van der Waals surface area contributed by atoms with Gasteiger partial charge in [-0.1, -0.05) is 36.4 Å². The van der Waals surface area contributed by atoms with Gasteiger partial charge in [0.2, 0.25) is 11.3 Å². The van der Waals surface area contributed by atoms with Gasteiger partial charge in [0.1, 0.15) is 0 Å². The Morgan fingerprint density at radius 3 is 2.36 bits per heavy atom. The zero-order valence-corrected chi connectivity index (χ0v) is 15.8. The predicted molar refractivity (Wildman–Crippen MR) is 107 cm³/mol. The quantitative estimate of drug-likeness (QED) is 0.593. The molecule has 0 aliphatic rings. The second-order valence-corrected chi connectivity index (χ2v) is 6.46. The Balaban J connectivity index is 1.78. The van der Waals surface area contributed by atoms with E-state index in [1.54, 1.807) is 6.92 Å². The summed E-state index contributed by atoms with van der Waals surface area (Å²) < 4.78 is 7.28. The Morgan fingerprint density at radius 1 is 1.00 bits per heavy atom. The Hall–Kier alpha value is -3.74. The zero-order valence-electron chi connectivity index (χ0n) is 15.8. The lowest BCUT2D eigenvalue weighted by molar-refractivity contribution is 0.403. The third-order valence-electron chi connectivity index (χ3n) is 4.75. The number of aryl methyl sites for hydroxylation is 1. The molecule has 0 aliphatic heterocycles. The highest BCUT2D eigenvalue weighted by Crippen LogP contribution is 2.30. The molecule has 2 aromatic carbocycles. The fourth-order valence-corrected chi connectivity index (χ4v) is 3.32. The molecule has 0 spiro atoms. The van der Waals surface area contributed by atoms with Crippen molar-refractivity contribution in [3.63, 3.8) is 0 Å². The lowest BCUT2D eigenvalue weighted by Gasteiger charge is -2.16. The summed E-state index contributed by atoms with van der Waals surface area (Å²) in [5.41, 5.74) is 5.21. The molecule has 2 heterocycles. The van der Waals surface area contributed by atoms with E-state index in [1.165, 1.54) is 7.11 Å². The molecule has 4 aromatic rings. The number of aromatic nitrogens is 5. The van der Waals surface area contributed by atoms with Crippen molar-refractivity contribution in [1.82, 2.24) is 25.2 Å². The minimum Gasteiger partial charge on any atom is -0.491 e. The largest absolute Gasteiger partial charge is 0.491 e. The van der Waals surface area contributed by atoms with Crippen molar-refractivity contribution < 1.29 is 4.74 Å². The lowest BCUT2D eigenvalue weighted by atomic mass is 9.99. The number of ether oxygens (including phenoxy) is 1. The number of hydrogen-bond donors (Lipinski definition) is 1. The fourth-order valence-electron chi connectivity index (χ4n) is 3.32. The monoisotopic (exact) mass is 373 g/mol. The molecular weight excluding hydrogens is 354 g/mol. The second-order valence-electron chi connectivity index (χ2n) is 6.46. The summed E-state index contributed by atoms with van der Waals surface area (Å²) in [4.78, 5) is 12.2. The van der Waals surface area contributed by atoms with Crippen molar-refractivity contribution in [1.29, 1.82) is 0 Å². The smallest absolute Gasteiger partial charge is 0.226 e. The number of nitrogens with one attached hydrogen (secondary N) is 1. The summed E-state index contributed by atoms with van der Waals surface area (Å²) in [5.74, 6) is 0.919. The maximum atomic E-state index is 12.2.